The molecule has 1 saturated heterocycles. The van der Waals surface area contributed by atoms with Crippen LogP contribution in [-0.4, -0.2) is 39.1 Å². The molecular weight excluding hydrogens is 441 g/mol. The summed E-state index contributed by atoms with van der Waals surface area (Å²) in [4.78, 5) is 12.4. The molecule has 2 N–H and O–H groups in total. The first-order chi connectivity index (χ1) is 16.0. The number of carbonyl (C=O) groups is 1. The molecule has 1 aliphatic rings. The maximum absolute atomic E-state index is 13.1. The topological polar surface area (TPSA) is 81.1 Å². The van der Waals surface area contributed by atoms with Gasteiger partial charge in [0.25, 0.3) is 0 Å². The summed E-state index contributed by atoms with van der Waals surface area (Å²) in [5.74, 6) is 0.442. The van der Waals surface area contributed by atoms with E-state index in [1.807, 2.05) is 4.57 Å². The third-order valence-electron chi connectivity index (χ3n) is 5.48. The molecule has 0 bridgehead atoms. The lowest BCUT2D eigenvalue weighted by atomic mass is 10.1. The van der Waals surface area contributed by atoms with E-state index in [2.05, 4.69) is 52.9 Å². The smallest absolute Gasteiger partial charge is 0.234 e. The summed E-state index contributed by atoms with van der Waals surface area (Å²) in [5.41, 5.74) is 4.01. The number of carbonyl (C=O) groups excluding carboxylic acids is 1. The van der Waals surface area contributed by atoms with Crippen molar-refractivity contribution in [2.75, 3.05) is 23.0 Å². The van der Waals surface area contributed by atoms with Gasteiger partial charge in [-0.05, 0) is 62.6 Å². The minimum atomic E-state index is -0.341. The highest BCUT2D eigenvalue weighted by molar-refractivity contribution is 7.99. The van der Waals surface area contributed by atoms with Gasteiger partial charge in [-0.15, -0.1) is 10.2 Å². The molecular formula is C24H28FN5O2S. The Bertz CT molecular complexity index is 1100. The van der Waals surface area contributed by atoms with Crippen LogP contribution in [-0.2, 0) is 22.6 Å². The zero-order chi connectivity index (χ0) is 23.2. The van der Waals surface area contributed by atoms with Crippen LogP contribution in [0.3, 0.4) is 0 Å². The second kappa shape index (κ2) is 10.8. The number of aryl methyl sites for hydroxylation is 2. The number of nitrogens with one attached hydrogen (secondary N) is 2. The van der Waals surface area contributed by atoms with E-state index in [4.69, 9.17) is 4.74 Å². The number of amides is 1. The van der Waals surface area contributed by atoms with Crippen molar-refractivity contribution in [1.82, 2.24) is 14.8 Å². The number of anilines is 2. The lowest BCUT2D eigenvalue weighted by molar-refractivity contribution is -0.113. The van der Waals surface area contributed by atoms with Gasteiger partial charge in [-0.1, -0.05) is 29.5 Å². The highest BCUT2D eigenvalue weighted by atomic mass is 32.2. The minimum absolute atomic E-state index is 0.119. The van der Waals surface area contributed by atoms with Gasteiger partial charge in [0, 0.05) is 18.0 Å². The number of ether oxygens (including phenoxy) is 1. The average Bonchev–Trinajstić information content (AvgIpc) is 3.44. The fraction of sp³-hybridized carbons (Fsp3) is 0.375. The number of benzene rings is 2. The molecule has 9 heteroatoms. The molecule has 1 unspecified atom stereocenters. The van der Waals surface area contributed by atoms with Crippen LogP contribution in [0, 0.1) is 19.7 Å². The first-order valence-electron chi connectivity index (χ1n) is 11.0. The molecule has 33 heavy (non-hydrogen) atoms. The minimum Gasteiger partial charge on any atom is -0.378 e. The van der Waals surface area contributed by atoms with Gasteiger partial charge in [0.1, 0.15) is 5.82 Å². The molecule has 2 heterocycles. The summed E-state index contributed by atoms with van der Waals surface area (Å²) in [7, 11) is 0. The highest BCUT2D eigenvalue weighted by Gasteiger charge is 2.21. The van der Waals surface area contributed by atoms with E-state index in [1.54, 1.807) is 0 Å². The Morgan fingerprint density at radius 1 is 1.21 bits per heavy atom. The molecule has 4 rings (SSSR count). The van der Waals surface area contributed by atoms with Crippen molar-refractivity contribution in [3.63, 3.8) is 0 Å². The van der Waals surface area contributed by atoms with E-state index < -0.39 is 0 Å². The molecule has 1 aliphatic heterocycles. The standard InChI is InChI=1S/C24H28FN5O2S/c1-16-5-10-21(17(2)12-16)26-13-22-28-29-24(30(22)14-20-4-3-11-32-20)33-15-23(31)27-19-8-6-18(25)7-9-19/h5-10,12,20,26H,3-4,11,13-15H2,1-2H3,(H,27,31). The predicted molar refractivity (Wildman–Crippen MR) is 128 cm³/mol. The Balaban J connectivity index is 1.43. The fourth-order valence-corrected chi connectivity index (χ4v) is 4.55. The maximum atomic E-state index is 13.1. The largest absolute Gasteiger partial charge is 0.378 e. The van der Waals surface area contributed by atoms with Gasteiger partial charge in [-0.25, -0.2) is 4.39 Å². The van der Waals surface area contributed by atoms with Crippen molar-refractivity contribution < 1.29 is 13.9 Å². The number of aromatic nitrogens is 3. The zero-order valence-corrected chi connectivity index (χ0v) is 19.6. The highest BCUT2D eigenvalue weighted by Crippen LogP contribution is 2.23. The van der Waals surface area contributed by atoms with Gasteiger partial charge in [0.2, 0.25) is 5.91 Å². The summed E-state index contributed by atoms with van der Waals surface area (Å²) in [6.45, 7) is 6.09. The van der Waals surface area contributed by atoms with E-state index in [0.717, 1.165) is 31.0 Å². The number of halogens is 1. The molecule has 1 fully saturated rings. The van der Waals surface area contributed by atoms with Crippen molar-refractivity contribution in [3.05, 3.63) is 65.2 Å². The molecule has 1 aromatic heterocycles. The van der Waals surface area contributed by atoms with E-state index >= 15 is 0 Å². The lowest BCUT2D eigenvalue weighted by Gasteiger charge is -2.16. The van der Waals surface area contributed by atoms with Gasteiger partial charge in [-0.2, -0.15) is 0 Å². The zero-order valence-electron chi connectivity index (χ0n) is 18.8. The quantitative estimate of drug-likeness (QED) is 0.448. The molecule has 7 nitrogen and oxygen atoms in total. The Kier molecular flexibility index (Phi) is 7.61. The van der Waals surface area contributed by atoms with Gasteiger partial charge < -0.3 is 19.9 Å². The van der Waals surface area contributed by atoms with Crippen molar-refractivity contribution in [1.29, 1.82) is 0 Å². The number of thioether (sulfide) groups is 1. The van der Waals surface area contributed by atoms with Gasteiger partial charge in [0.05, 0.1) is 24.9 Å². The second-order valence-electron chi connectivity index (χ2n) is 8.16. The molecule has 3 aromatic rings. The van der Waals surface area contributed by atoms with E-state index in [1.165, 1.54) is 47.2 Å². The summed E-state index contributed by atoms with van der Waals surface area (Å²) >= 11 is 1.33. The molecule has 1 atom stereocenters. The van der Waals surface area contributed by atoms with Gasteiger partial charge in [-0.3, -0.25) is 4.79 Å². The lowest BCUT2D eigenvalue weighted by Crippen LogP contribution is -2.20. The number of hydrogen-bond donors (Lipinski definition) is 2. The van der Waals surface area contributed by atoms with Crippen LogP contribution in [0.5, 0.6) is 0 Å². The van der Waals surface area contributed by atoms with Crippen LogP contribution in [0.2, 0.25) is 0 Å². The van der Waals surface area contributed by atoms with Crippen LogP contribution >= 0.6 is 11.8 Å². The summed E-state index contributed by atoms with van der Waals surface area (Å²) in [6.07, 6.45) is 2.16. The van der Waals surface area contributed by atoms with E-state index in [-0.39, 0.29) is 23.6 Å². The second-order valence-corrected chi connectivity index (χ2v) is 9.10. The van der Waals surface area contributed by atoms with Crippen LogP contribution < -0.4 is 10.6 Å². The van der Waals surface area contributed by atoms with Crippen LogP contribution in [0.4, 0.5) is 15.8 Å². The number of hydrogen-bond acceptors (Lipinski definition) is 6. The number of rotatable bonds is 9. The summed E-state index contributed by atoms with van der Waals surface area (Å²) in [5, 5.41) is 15.6. The first-order valence-corrected chi connectivity index (χ1v) is 12.0. The van der Waals surface area contributed by atoms with Crippen molar-refractivity contribution in [3.8, 4) is 0 Å². The van der Waals surface area contributed by atoms with E-state index in [9.17, 15) is 9.18 Å². The Hall–Kier alpha value is -2.91. The fourth-order valence-electron chi connectivity index (χ4n) is 3.78. The van der Waals surface area contributed by atoms with Crippen molar-refractivity contribution in [2.24, 2.45) is 0 Å². The molecule has 0 radical (unpaired) electrons. The molecule has 174 valence electrons. The molecule has 0 aliphatic carbocycles. The Labute approximate surface area is 197 Å². The normalized spacial score (nSPS) is 15.5. The van der Waals surface area contributed by atoms with Crippen LogP contribution in [0.25, 0.3) is 0 Å². The molecule has 0 saturated carbocycles. The summed E-state index contributed by atoms with van der Waals surface area (Å²) < 4.78 is 20.9. The third kappa shape index (κ3) is 6.33. The van der Waals surface area contributed by atoms with E-state index in [0.29, 0.717) is 23.9 Å². The Morgan fingerprint density at radius 3 is 2.76 bits per heavy atom. The van der Waals surface area contributed by atoms with Gasteiger partial charge >= 0.3 is 0 Å². The first kappa shape index (κ1) is 23.3. The molecule has 1 amide bonds. The van der Waals surface area contributed by atoms with Crippen molar-refractivity contribution >= 4 is 29.0 Å². The summed E-state index contributed by atoms with van der Waals surface area (Å²) in [6, 6.07) is 12.0. The van der Waals surface area contributed by atoms with Crippen LogP contribution in [0.15, 0.2) is 47.6 Å². The SMILES string of the molecule is Cc1ccc(NCc2nnc(SCC(=O)Nc3ccc(F)cc3)n2CC2CCCO2)c(C)c1. The van der Waals surface area contributed by atoms with Gasteiger partial charge in [0.15, 0.2) is 11.0 Å². The Morgan fingerprint density at radius 2 is 2.03 bits per heavy atom. The van der Waals surface area contributed by atoms with Crippen LogP contribution in [0.1, 0.15) is 29.8 Å². The monoisotopic (exact) mass is 469 g/mol. The predicted octanol–water partition coefficient (Wildman–Crippen LogP) is 4.56. The molecule has 2 aromatic carbocycles. The third-order valence-corrected chi connectivity index (χ3v) is 6.45. The number of nitrogens with zero attached hydrogens (tertiary/aromatic N) is 3. The maximum Gasteiger partial charge on any atom is 0.234 e. The molecule has 0 spiro atoms. The van der Waals surface area contributed by atoms with Crippen molar-refractivity contribution in [2.45, 2.75) is 51.0 Å². The average molecular weight is 470 g/mol.